The Morgan fingerprint density at radius 1 is 0.848 bits per heavy atom. The van der Waals surface area contributed by atoms with Crippen LogP contribution in [0.25, 0.3) is 10.9 Å². The Morgan fingerprint density at radius 2 is 1.55 bits per heavy atom. The molecule has 2 aromatic heterocycles. The van der Waals surface area contributed by atoms with Crippen LogP contribution in [0, 0.1) is 13.8 Å². The third kappa shape index (κ3) is 4.09. The number of anilines is 2. The summed E-state index contributed by atoms with van der Waals surface area (Å²) in [4.78, 5) is 31.4. The molecule has 0 spiro atoms. The van der Waals surface area contributed by atoms with Gasteiger partial charge in [-0.2, -0.15) is 0 Å². The van der Waals surface area contributed by atoms with E-state index in [0.29, 0.717) is 41.9 Å². The van der Waals surface area contributed by atoms with Crippen LogP contribution in [-0.2, 0) is 6.42 Å². The maximum absolute atomic E-state index is 13.0. The summed E-state index contributed by atoms with van der Waals surface area (Å²) in [7, 11) is 0. The Bertz CT molecular complexity index is 1360. The number of para-hydroxylation sites is 1. The minimum atomic E-state index is 0.107. The predicted molar refractivity (Wildman–Crippen MR) is 130 cm³/mol. The number of hydrogen-bond donors (Lipinski definition) is 1. The summed E-state index contributed by atoms with van der Waals surface area (Å²) in [5.41, 5.74) is 6.37. The summed E-state index contributed by atoms with van der Waals surface area (Å²) in [5, 5.41) is 4.18. The molecule has 1 aliphatic carbocycles. The minimum Gasteiger partial charge on any atom is -0.294 e. The molecule has 33 heavy (non-hydrogen) atoms. The van der Waals surface area contributed by atoms with Crippen molar-refractivity contribution < 1.29 is 4.79 Å². The van der Waals surface area contributed by atoms with E-state index in [1.807, 2.05) is 38.1 Å². The normalized spacial score (nSPS) is 15.7. The number of hydrogen-bond acceptors (Lipinski definition) is 6. The van der Waals surface area contributed by atoms with E-state index >= 15 is 0 Å². The lowest BCUT2D eigenvalue weighted by Gasteiger charge is -2.25. The molecule has 4 aromatic rings. The van der Waals surface area contributed by atoms with Gasteiger partial charge in [-0.15, -0.1) is 0 Å². The van der Waals surface area contributed by atoms with E-state index in [-0.39, 0.29) is 11.7 Å². The van der Waals surface area contributed by atoms with Crippen LogP contribution in [0.2, 0.25) is 0 Å². The van der Waals surface area contributed by atoms with E-state index in [0.717, 1.165) is 22.3 Å². The van der Waals surface area contributed by atoms with Crippen LogP contribution in [-0.4, -0.2) is 25.7 Å². The third-order valence-corrected chi connectivity index (χ3v) is 6.41. The molecule has 1 N–H and O–H groups in total. The summed E-state index contributed by atoms with van der Waals surface area (Å²) in [6.45, 7) is 8.20. The average molecular weight is 438 g/mol. The van der Waals surface area contributed by atoms with E-state index in [2.05, 4.69) is 58.4 Å². The van der Waals surface area contributed by atoms with Crippen LogP contribution >= 0.6 is 0 Å². The molecule has 0 bridgehead atoms. The summed E-state index contributed by atoms with van der Waals surface area (Å²) in [6, 6.07) is 16.5. The molecule has 0 aliphatic heterocycles. The van der Waals surface area contributed by atoms with Crippen molar-refractivity contribution in [2.24, 2.45) is 0 Å². The lowest BCUT2D eigenvalue weighted by atomic mass is 9.81. The van der Waals surface area contributed by atoms with Crippen molar-refractivity contribution in [2.75, 3.05) is 5.32 Å². The maximum atomic E-state index is 13.0. The van der Waals surface area contributed by atoms with E-state index < -0.39 is 0 Å². The zero-order chi connectivity index (χ0) is 23.1. The van der Waals surface area contributed by atoms with Gasteiger partial charge in [-0.25, -0.2) is 19.9 Å². The molecule has 1 atom stereocenters. The zero-order valence-electron chi connectivity index (χ0n) is 19.4. The number of ketones is 1. The molecular formula is C27H27N5O. The monoisotopic (exact) mass is 437 g/mol. The number of nitrogens with one attached hydrogen (secondary N) is 1. The number of aryl methyl sites for hydroxylation is 2. The fourth-order valence-corrected chi connectivity index (χ4v) is 4.61. The second-order valence-corrected chi connectivity index (χ2v) is 9.08. The molecule has 2 aromatic carbocycles. The van der Waals surface area contributed by atoms with Crippen LogP contribution in [0.3, 0.4) is 0 Å². The number of rotatable bonds is 4. The smallest absolute Gasteiger partial charge is 0.230 e. The highest BCUT2D eigenvalue weighted by Crippen LogP contribution is 2.34. The standard InChI is InChI=1S/C27H27N5O/c1-15(2)18-9-11-19(12-10-18)20-13-23-25(24(33)14-20)17(4)29-27(31-23)32-26-28-16(3)21-7-5-6-8-22(21)30-26/h5-12,15,20H,13-14H2,1-4H3,(H,28,29,30,31,32)/t20-/m0/s1. The van der Waals surface area contributed by atoms with E-state index in [9.17, 15) is 4.79 Å². The fourth-order valence-electron chi connectivity index (χ4n) is 4.61. The molecule has 0 fully saturated rings. The summed E-state index contributed by atoms with van der Waals surface area (Å²) in [6.07, 6.45) is 1.19. The number of Topliss-reactive ketones (excluding diaryl/α,β-unsaturated/α-hetero) is 1. The number of nitrogens with zero attached hydrogens (tertiary/aromatic N) is 4. The van der Waals surface area contributed by atoms with Crippen molar-refractivity contribution in [3.05, 3.63) is 82.3 Å². The number of benzene rings is 2. The maximum Gasteiger partial charge on any atom is 0.230 e. The Balaban J connectivity index is 1.46. The van der Waals surface area contributed by atoms with Gasteiger partial charge in [0.1, 0.15) is 0 Å². The van der Waals surface area contributed by atoms with Crippen LogP contribution < -0.4 is 5.32 Å². The number of fused-ring (bicyclic) bond motifs is 2. The molecular weight excluding hydrogens is 410 g/mol. The highest BCUT2D eigenvalue weighted by atomic mass is 16.1. The molecule has 0 unspecified atom stereocenters. The van der Waals surface area contributed by atoms with E-state index in [1.54, 1.807) is 0 Å². The molecule has 5 rings (SSSR count). The van der Waals surface area contributed by atoms with E-state index in [4.69, 9.17) is 4.98 Å². The van der Waals surface area contributed by atoms with Gasteiger partial charge in [0.2, 0.25) is 11.9 Å². The SMILES string of the molecule is Cc1nc(Nc2nc(C)c3ccccc3n2)nc2c1C(=O)C[C@@H](c1ccc(C(C)C)cc1)C2. The lowest BCUT2D eigenvalue weighted by Crippen LogP contribution is -2.23. The molecule has 0 amide bonds. The molecule has 0 saturated heterocycles. The third-order valence-electron chi connectivity index (χ3n) is 6.41. The molecule has 2 heterocycles. The molecule has 0 radical (unpaired) electrons. The zero-order valence-corrected chi connectivity index (χ0v) is 19.4. The molecule has 166 valence electrons. The molecule has 6 nitrogen and oxygen atoms in total. The van der Waals surface area contributed by atoms with Crippen molar-refractivity contribution in [2.45, 2.75) is 52.4 Å². The van der Waals surface area contributed by atoms with Crippen LogP contribution in [0.1, 0.15) is 70.7 Å². The number of carbonyl (C=O) groups is 1. The van der Waals surface area contributed by atoms with Crippen molar-refractivity contribution >= 4 is 28.6 Å². The van der Waals surface area contributed by atoms with Crippen LogP contribution in [0.15, 0.2) is 48.5 Å². The van der Waals surface area contributed by atoms with Crippen LogP contribution in [0.5, 0.6) is 0 Å². The first kappa shape index (κ1) is 21.2. The fraction of sp³-hybridized carbons (Fsp3) is 0.296. The van der Waals surface area contributed by atoms with Gasteiger partial charge in [0, 0.05) is 11.8 Å². The Labute approximate surface area is 193 Å². The topological polar surface area (TPSA) is 80.7 Å². The van der Waals surface area contributed by atoms with Crippen molar-refractivity contribution in [3.8, 4) is 0 Å². The second-order valence-electron chi connectivity index (χ2n) is 9.08. The first-order valence-corrected chi connectivity index (χ1v) is 11.4. The van der Waals surface area contributed by atoms with Gasteiger partial charge in [0.25, 0.3) is 0 Å². The largest absolute Gasteiger partial charge is 0.294 e. The van der Waals surface area contributed by atoms with Gasteiger partial charge < -0.3 is 0 Å². The minimum absolute atomic E-state index is 0.107. The van der Waals surface area contributed by atoms with E-state index in [1.165, 1.54) is 11.1 Å². The average Bonchev–Trinajstić information content (AvgIpc) is 2.78. The Morgan fingerprint density at radius 3 is 2.30 bits per heavy atom. The molecule has 6 heteroatoms. The number of carbonyl (C=O) groups excluding carboxylic acids is 1. The van der Waals surface area contributed by atoms with Gasteiger partial charge in [0.15, 0.2) is 5.78 Å². The van der Waals surface area contributed by atoms with Crippen molar-refractivity contribution in [3.63, 3.8) is 0 Å². The highest BCUT2D eigenvalue weighted by Gasteiger charge is 2.30. The van der Waals surface area contributed by atoms with Gasteiger partial charge in [-0.1, -0.05) is 56.3 Å². The van der Waals surface area contributed by atoms with Gasteiger partial charge >= 0.3 is 0 Å². The second kappa shape index (κ2) is 8.35. The Hall–Kier alpha value is -3.67. The van der Waals surface area contributed by atoms with Crippen molar-refractivity contribution in [1.82, 2.24) is 19.9 Å². The van der Waals surface area contributed by atoms with Crippen molar-refractivity contribution in [1.29, 1.82) is 0 Å². The first-order valence-electron chi connectivity index (χ1n) is 11.4. The first-order chi connectivity index (χ1) is 15.9. The quantitative estimate of drug-likeness (QED) is 0.433. The molecule has 1 aliphatic rings. The van der Waals surface area contributed by atoms with Gasteiger partial charge in [-0.3, -0.25) is 10.1 Å². The highest BCUT2D eigenvalue weighted by molar-refractivity contribution is 5.99. The van der Waals surface area contributed by atoms with Gasteiger partial charge in [-0.05, 0) is 49.3 Å². The summed E-state index contributed by atoms with van der Waals surface area (Å²) in [5.74, 6) is 1.58. The van der Waals surface area contributed by atoms with Gasteiger partial charge in [0.05, 0.1) is 28.2 Å². The Kier molecular flexibility index (Phi) is 5.36. The lowest BCUT2D eigenvalue weighted by molar-refractivity contribution is 0.0962. The summed E-state index contributed by atoms with van der Waals surface area (Å²) >= 11 is 0. The molecule has 0 saturated carbocycles. The van der Waals surface area contributed by atoms with Crippen LogP contribution in [0.4, 0.5) is 11.9 Å². The predicted octanol–water partition coefficient (Wildman–Crippen LogP) is 5.82. The number of aromatic nitrogens is 4. The summed E-state index contributed by atoms with van der Waals surface area (Å²) < 4.78 is 0.